The molecule has 1 fully saturated rings. The highest BCUT2D eigenvalue weighted by Crippen LogP contribution is 2.24. The molecule has 1 aliphatic rings. The molecule has 19 heavy (non-hydrogen) atoms. The molecule has 0 aliphatic heterocycles. The van der Waals surface area contributed by atoms with Gasteiger partial charge in [0.25, 0.3) is 0 Å². The number of nitrogens with one attached hydrogen (secondary N) is 1. The van der Waals surface area contributed by atoms with E-state index in [1.165, 1.54) is 6.08 Å². The number of aliphatic hydroxyl groups is 1. The maximum absolute atomic E-state index is 11.6. The van der Waals surface area contributed by atoms with E-state index in [0.29, 0.717) is 6.54 Å². The molecule has 3 N–H and O–H groups in total. The van der Waals surface area contributed by atoms with Crippen molar-refractivity contribution in [2.75, 3.05) is 6.54 Å². The van der Waals surface area contributed by atoms with E-state index in [0.717, 1.165) is 24.8 Å². The van der Waals surface area contributed by atoms with Crippen molar-refractivity contribution in [3.05, 3.63) is 35.9 Å². The molecule has 4 heteroatoms. The van der Waals surface area contributed by atoms with E-state index in [4.69, 9.17) is 5.11 Å². The first-order valence-corrected chi connectivity index (χ1v) is 6.58. The third-order valence-electron chi connectivity index (χ3n) is 3.48. The molecule has 0 aromatic heterocycles. The van der Waals surface area contributed by atoms with Gasteiger partial charge in [-0.25, -0.2) is 0 Å². The highest BCUT2D eigenvalue weighted by molar-refractivity contribution is 5.91. The Hall–Kier alpha value is -1.81. The zero-order valence-electron chi connectivity index (χ0n) is 10.7. The summed E-state index contributed by atoms with van der Waals surface area (Å²) in [4.78, 5) is 11.6. The van der Waals surface area contributed by atoms with Crippen LogP contribution in [0, 0.1) is 5.92 Å². The Morgan fingerprint density at radius 3 is 2.68 bits per heavy atom. The Morgan fingerprint density at radius 1 is 1.32 bits per heavy atom. The molecular formula is C15H19NO3. The molecular weight excluding hydrogens is 242 g/mol. The maximum Gasteiger partial charge on any atom is 0.244 e. The van der Waals surface area contributed by atoms with Crippen molar-refractivity contribution in [1.82, 2.24) is 5.32 Å². The van der Waals surface area contributed by atoms with Gasteiger partial charge in [-0.15, -0.1) is 0 Å². The van der Waals surface area contributed by atoms with Crippen LogP contribution in [0.4, 0.5) is 0 Å². The van der Waals surface area contributed by atoms with Gasteiger partial charge in [0, 0.05) is 18.5 Å². The monoisotopic (exact) mass is 261 g/mol. The average Bonchev–Trinajstić information content (AvgIpc) is 2.81. The molecule has 2 unspecified atom stereocenters. The fourth-order valence-corrected chi connectivity index (χ4v) is 2.30. The van der Waals surface area contributed by atoms with Crippen LogP contribution in [0.1, 0.15) is 24.8 Å². The molecule has 4 nitrogen and oxygen atoms in total. The summed E-state index contributed by atoms with van der Waals surface area (Å²) in [5, 5.41) is 21.6. The van der Waals surface area contributed by atoms with Gasteiger partial charge in [0.2, 0.25) is 5.91 Å². The summed E-state index contributed by atoms with van der Waals surface area (Å²) < 4.78 is 0. The van der Waals surface area contributed by atoms with Gasteiger partial charge < -0.3 is 15.5 Å². The first kappa shape index (κ1) is 13.6. The SMILES string of the molecule is O=C(C=Cc1ccc(O)cc1)NCC1CCCC1O. The number of phenolic OH excluding ortho intramolecular Hbond substituents is 1. The predicted molar refractivity (Wildman–Crippen MR) is 73.5 cm³/mol. The summed E-state index contributed by atoms with van der Waals surface area (Å²) in [7, 11) is 0. The summed E-state index contributed by atoms with van der Waals surface area (Å²) in [5.74, 6) is 0.231. The van der Waals surface area contributed by atoms with E-state index in [-0.39, 0.29) is 23.7 Å². The molecule has 0 bridgehead atoms. The molecule has 1 aromatic rings. The first-order chi connectivity index (χ1) is 9.15. The number of aliphatic hydroxyl groups excluding tert-OH is 1. The van der Waals surface area contributed by atoms with Crippen LogP contribution in [0.25, 0.3) is 6.08 Å². The molecule has 2 rings (SSSR count). The van der Waals surface area contributed by atoms with Crippen LogP contribution in [-0.4, -0.2) is 28.8 Å². The Bertz CT molecular complexity index is 453. The maximum atomic E-state index is 11.6. The van der Waals surface area contributed by atoms with E-state index < -0.39 is 0 Å². The normalized spacial score (nSPS) is 22.8. The smallest absolute Gasteiger partial charge is 0.244 e. The highest BCUT2D eigenvalue weighted by atomic mass is 16.3. The van der Waals surface area contributed by atoms with Gasteiger partial charge in [0.05, 0.1) is 6.10 Å². The van der Waals surface area contributed by atoms with Crippen molar-refractivity contribution < 1.29 is 15.0 Å². The standard InChI is InChI=1S/C15H19NO3/c17-13-7-4-11(5-8-13)6-9-15(19)16-10-12-2-1-3-14(12)18/h4-9,12,14,17-18H,1-3,10H2,(H,16,19). The summed E-state index contributed by atoms with van der Waals surface area (Å²) >= 11 is 0. The van der Waals surface area contributed by atoms with E-state index in [1.807, 2.05) is 0 Å². The molecule has 1 saturated carbocycles. The van der Waals surface area contributed by atoms with Crippen molar-refractivity contribution in [1.29, 1.82) is 0 Å². The Labute approximate surface area is 112 Å². The second-order valence-corrected chi connectivity index (χ2v) is 4.93. The largest absolute Gasteiger partial charge is 0.508 e. The van der Waals surface area contributed by atoms with Gasteiger partial charge in [0.1, 0.15) is 5.75 Å². The summed E-state index contributed by atoms with van der Waals surface area (Å²) in [5.41, 5.74) is 0.855. The van der Waals surface area contributed by atoms with Crippen LogP contribution >= 0.6 is 0 Å². The minimum absolute atomic E-state index is 0.160. The Kier molecular flexibility index (Phi) is 4.58. The average molecular weight is 261 g/mol. The van der Waals surface area contributed by atoms with Gasteiger partial charge >= 0.3 is 0 Å². The van der Waals surface area contributed by atoms with Crippen LogP contribution in [0.3, 0.4) is 0 Å². The molecule has 2 atom stereocenters. The van der Waals surface area contributed by atoms with Gasteiger partial charge in [-0.1, -0.05) is 18.6 Å². The van der Waals surface area contributed by atoms with E-state index in [1.54, 1.807) is 30.3 Å². The first-order valence-electron chi connectivity index (χ1n) is 6.58. The van der Waals surface area contributed by atoms with E-state index in [9.17, 15) is 9.90 Å². The van der Waals surface area contributed by atoms with Crippen molar-refractivity contribution in [2.45, 2.75) is 25.4 Å². The highest BCUT2D eigenvalue weighted by Gasteiger charge is 2.24. The number of amides is 1. The summed E-state index contributed by atoms with van der Waals surface area (Å²) in [6.45, 7) is 0.528. The fraction of sp³-hybridized carbons (Fsp3) is 0.400. The number of rotatable bonds is 4. The molecule has 0 saturated heterocycles. The van der Waals surface area contributed by atoms with Crippen molar-refractivity contribution in [3.8, 4) is 5.75 Å². The number of phenols is 1. The minimum atomic E-state index is -0.277. The van der Waals surface area contributed by atoms with Crippen LogP contribution in [0.15, 0.2) is 30.3 Å². The molecule has 1 amide bonds. The van der Waals surface area contributed by atoms with Gasteiger partial charge in [-0.3, -0.25) is 4.79 Å². The molecule has 0 heterocycles. The van der Waals surface area contributed by atoms with Crippen LogP contribution in [0.5, 0.6) is 5.75 Å². The zero-order chi connectivity index (χ0) is 13.7. The Morgan fingerprint density at radius 2 is 2.05 bits per heavy atom. The number of aromatic hydroxyl groups is 1. The topological polar surface area (TPSA) is 69.6 Å². The van der Waals surface area contributed by atoms with Gasteiger partial charge in [0.15, 0.2) is 0 Å². The lowest BCUT2D eigenvalue weighted by atomic mass is 10.1. The zero-order valence-corrected chi connectivity index (χ0v) is 10.7. The molecule has 0 spiro atoms. The lowest BCUT2D eigenvalue weighted by molar-refractivity contribution is -0.116. The number of hydrogen-bond acceptors (Lipinski definition) is 3. The number of benzene rings is 1. The minimum Gasteiger partial charge on any atom is -0.508 e. The second-order valence-electron chi connectivity index (χ2n) is 4.93. The molecule has 1 aromatic carbocycles. The second kappa shape index (κ2) is 6.38. The van der Waals surface area contributed by atoms with Crippen molar-refractivity contribution in [3.63, 3.8) is 0 Å². The van der Waals surface area contributed by atoms with Crippen molar-refractivity contribution >= 4 is 12.0 Å². The Balaban J connectivity index is 1.79. The number of carbonyl (C=O) groups excluding carboxylic acids is 1. The van der Waals surface area contributed by atoms with E-state index >= 15 is 0 Å². The number of carbonyl (C=O) groups is 1. The van der Waals surface area contributed by atoms with Crippen LogP contribution < -0.4 is 5.32 Å². The molecule has 102 valence electrons. The van der Waals surface area contributed by atoms with E-state index in [2.05, 4.69) is 5.32 Å². The molecule has 1 aliphatic carbocycles. The third-order valence-corrected chi connectivity index (χ3v) is 3.48. The van der Waals surface area contributed by atoms with Crippen molar-refractivity contribution in [2.24, 2.45) is 5.92 Å². The predicted octanol–water partition coefficient (Wildman–Crippen LogP) is 1.68. The quantitative estimate of drug-likeness (QED) is 0.722. The number of hydrogen-bond donors (Lipinski definition) is 3. The molecule has 0 radical (unpaired) electrons. The lowest BCUT2D eigenvalue weighted by Gasteiger charge is -2.13. The van der Waals surface area contributed by atoms with Crippen LogP contribution in [0.2, 0.25) is 0 Å². The van der Waals surface area contributed by atoms with Crippen LogP contribution in [-0.2, 0) is 4.79 Å². The van der Waals surface area contributed by atoms with Gasteiger partial charge in [-0.05, 0) is 36.6 Å². The lowest BCUT2D eigenvalue weighted by Crippen LogP contribution is -2.31. The summed E-state index contributed by atoms with van der Waals surface area (Å²) in [6, 6.07) is 6.62. The fourth-order valence-electron chi connectivity index (χ4n) is 2.30. The third kappa shape index (κ3) is 4.10. The van der Waals surface area contributed by atoms with Gasteiger partial charge in [-0.2, -0.15) is 0 Å². The summed E-state index contributed by atoms with van der Waals surface area (Å²) in [6.07, 6.45) is 5.73.